The van der Waals surface area contributed by atoms with Crippen LogP contribution in [0.1, 0.15) is 30.2 Å². The summed E-state index contributed by atoms with van der Waals surface area (Å²) in [4.78, 5) is 0. The van der Waals surface area contributed by atoms with Crippen LogP contribution in [0.5, 0.6) is 0 Å². The highest BCUT2D eigenvalue weighted by Crippen LogP contribution is 2.30. The summed E-state index contributed by atoms with van der Waals surface area (Å²) < 4.78 is 0. The van der Waals surface area contributed by atoms with Crippen molar-refractivity contribution in [1.29, 1.82) is 0 Å². The maximum absolute atomic E-state index is 10.6. The molecule has 0 amide bonds. The molecular formula is C16H17Cl2NO2. The van der Waals surface area contributed by atoms with E-state index in [0.29, 0.717) is 15.6 Å². The summed E-state index contributed by atoms with van der Waals surface area (Å²) in [6, 6.07) is 13.7. The van der Waals surface area contributed by atoms with Gasteiger partial charge in [0, 0.05) is 10.0 Å². The summed E-state index contributed by atoms with van der Waals surface area (Å²) in [5, 5.41) is 24.4. The molecule has 0 aliphatic carbocycles. The molecule has 3 nitrogen and oxygen atoms in total. The van der Waals surface area contributed by atoms with Gasteiger partial charge in [0.1, 0.15) is 6.23 Å². The predicted octanol–water partition coefficient (Wildman–Crippen LogP) is 3.70. The van der Waals surface area contributed by atoms with E-state index >= 15 is 0 Å². The first-order valence-corrected chi connectivity index (χ1v) is 7.36. The Balaban J connectivity index is 2.30. The van der Waals surface area contributed by atoms with E-state index < -0.39 is 18.4 Å². The lowest BCUT2D eigenvalue weighted by molar-refractivity contribution is 0.0733. The number of aliphatic hydroxyl groups excluding tert-OH is 2. The second kappa shape index (κ2) is 7.25. The smallest absolute Gasteiger partial charge is 0.102 e. The fourth-order valence-corrected chi connectivity index (χ4v) is 2.40. The van der Waals surface area contributed by atoms with Gasteiger partial charge in [-0.15, -0.1) is 0 Å². The maximum atomic E-state index is 10.6. The Bertz CT molecular complexity index is 570. The second-order valence-electron chi connectivity index (χ2n) is 4.87. The SMILES string of the molecule is CC(O)NC(c1ccc(Cl)cc1)C(O)c1ccc(Cl)cc1. The molecule has 112 valence electrons. The van der Waals surface area contributed by atoms with Crippen LogP contribution in [-0.4, -0.2) is 16.4 Å². The molecule has 0 fully saturated rings. The molecule has 2 rings (SSSR count). The van der Waals surface area contributed by atoms with Crippen molar-refractivity contribution >= 4 is 23.2 Å². The van der Waals surface area contributed by atoms with Gasteiger partial charge in [-0.3, -0.25) is 5.32 Å². The zero-order valence-electron chi connectivity index (χ0n) is 11.5. The summed E-state index contributed by atoms with van der Waals surface area (Å²) in [6.07, 6.45) is -1.58. The zero-order valence-corrected chi connectivity index (χ0v) is 13.0. The van der Waals surface area contributed by atoms with Crippen LogP contribution in [-0.2, 0) is 0 Å². The Hall–Kier alpha value is -1.10. The normalized spacial score (nSPS) is 15.5. The van der Waals surface area contributed by atoms with Gasteiger partial charge >= 0.3 is 0 Å². The average Bonchev–Trinajstić information content (AvgIpc) is 2.46. The van der Waals surface area contributed by atoms with Crippen LogP contribution >= 0.6 is 23.2 Å². The largest absolute Gasteiger partial charge is 0.386 e. The number of aliphatic hydroxyl groups is 2. The number of nitrogens with one attached hydrogen (secondary N) is 1. The molecular weight excluding hydrogens is 309 g/mol. The number of hydrogen-bond donors (Lipinski definition) is 3. The molecule has 5 heteroatoms. The topological polar surface area (TPSA) is 52.5 Å². The first-order chi connectivity index (χ1) is 9.97. The van der Waals surface area contributed by atoms with Gasteiger partial charge in [0.2, 0.25) is 0 Å². The summed E-state index contributed by atoms with van der Waals surface area (Å²) in [5.41, 5.74) is 1.55. The quantitative estimate of drug-likeness (QED) is 0.735. The van der Waals surface area contributed by atoms with Crippen molar-refractivity contribution in [2.45, 2.75) is 25.3 Å². The van der Waals surface area contributed by atoms with Crippen molar-refractivity contribution in [2.75, 3.05) is 0 Å². The Labute approximate surface area is 134 Å². The van der Waals surface area contributed by atoms with Crippen LogP contribution in [0, 0.1) is 0 Å². The van der Waals surface area contributed by atoms with Crippen LogP contribution < -0.4 is 5.32 Å². The highest BCUT2D eigenvalue weighted by molar-refractivity contribution is 6.30. The van der Waals surface area contributed by atoms with Crippen LogP contribution in [0.25, 0.3) is 0 Å². The molecule has 0 aliphatic rings. The standard InChI is InChI=1S/C16H17Cl2NO2/c1-10(20)19-15(11-2-6-13(17)7-3-11)16(21)12-4-8-14(18)9-5-12/h2-10,15-16,19-21H,1H3. The van der Waals surface area contributed by atoms with Crippen molar-refractivity contribution in [1.82, 2.24) is 5.32 Å². The highest BCUT2D eigenvalue weighted by atomic mass is 35.5. The van der Waals surface area contributed by atoms with E-state index in [-0.39, 0.29) is 0 Å². The number of halogens is 2. The summed E-state index contributed by atoms with van der Waals surface area (Å²) >= 11 is 11.8. The lowest BCUT2D eigenvalue weighted by Gasteiger charge is -2.26. The zero-order chi connectivity index (χ0) is 15.4. The van der Waals surface area contributed by atoms with Crippen molar-refractivity contribution in [3.63, 3.8) is 0 Å². The molecule has 3 atom stereocenters. The van der Waals surface area contributed by atoms with Crippen molar-refractivity contribution in [3.05, 3.63) is 69.7 Å². The van der Waals surface area contributed by atoms with E-state index in [9.17, 15) is 10.2 Å². The first-order valence-electron chi connectivity index (χ1n) is 6.60. The Morgan fingerprint density at radius 3 is 1.67 bits per heavy atom. The first kappa shape index (κ1) is 16.3. The molecule has 2 aromatic carbocycles. The molecule has 0 aliphatic heterocycles. The Kier molecular flexibility index (Phi) is 5.62. The Morgan fingerprint density at radius 2 is 1.24 bits per heavy atom. The van der Waals surface area contributed by atoms with Gasteiger partial charge in [0.15, 0.2) is 0 Å². The van der Waals surface area contributed by atoms with Gasteiger partial charge in [0.05, 0.1) is 12.1 Å². The average molecular weight is 326 g/mol. The molecule has 3 N–H and O–H groups in total. The van der Waals surface area contributed by atoms with E-state index in [1.54, 1.807) is 43.3 Å². The molecule has 0 saturated heterocycles. The van der Waals surface area contributed by atoms with Gasteiger partial charge in [-0.2, -0.15) is 0 Å². The molecule has 3 unspecified atom stereocenters. The van der Waals surface area contributed by atoms with Crippen molar-refractivity contribution in [3.8, 4) is 0 Å². The molecule has 21 heavy (non-hydrogen) atoms. The fourth-order valence-electron chi connectivity index (χ4n) is 2.15. The van der Waals surface area contributed by atoms with Crippen LogP contribution in [0.3, 0.4) is 0 Å². The van der Waals surface area contributed by atoms with E-state index in [4.69, 9.17) is 23.2 Å². The molecule has 0 radical (unpaired) electrons. The van der Waals surface area contributed by atoms with Gasteiger partial charge in [-0.05, 0) is 42.3 Å². The Morgan fingerprint density at radius 1 is 0.810 bits per heavy atom. The van der Waals surface area contributed by atoms with E-state index in [1.165, 1.54) is 0 Å². The molecule has 0 spiro atoms. The molecule has 0 heterocycles. The van der Waals surface area contributed by atoms with E-state index in [0.717, 1.165) is 5.56 Å². The van der Waals surface area contributed by atoms with Gasteiger partial charge in [-0.25, -0.2) is 0 Å². The molecule has 0 aromatic heterocycles. The fraction of sp³-hybridized carbons (Fsp3) is 0.250. The molecule has 0 bridgehead atoms. The monoisotopic (exact) mass is 325 g/mol. The lowest BCUT2D eigenvalue weighted by atomic mass is 9.95. The van der Waals surface area contributed by atoms with Crippen LogP contribution in [0.2, 0.25) is 10.0 Å². The summed E-state index contributed by atoms with van der Waals surface area (Å²) in [7, 11) is 0. The van der Waals surface area contributed by atoms with Gasteiger partial charge in [0.25, 0.3) is 0 Å². The minimum atomic E-state index is -0.821. The maximum Gasteiger partial charge on any atom is 0.102 e. The number of rotatable bonds is 5. The second-order valence-corrected chi connectivity index (χ2v) is 5.74. The lowest BCUT2D eigenvalue weighted by Crippen LogP contribution is -2.34. The predicted molar refractivity (Wildman–Crippen MR) is 85.4 cm³/mol. The molecule has 0 saturated carbocycles. The van der Waals surface area contributed by atoms with Crippen molar-refractivity contribution in [2.24, 2.45) is 0 Å². The number of hydrogen-bond acceptors (Lipinski definition) is 3. The van der Waals surface area contributed by atoms with Gasteiger partial charge in [-0.1, -0.05) is 47.5 Å². The van der Waals surface area contributed by atoms with Crippen LogP contribution in [0.15, 0.2) is 48.5 Å². The van der Waals surface area contributed by atoms with Gasteiger partial charge < -0.3 is 10.2 Å². The summed E-state index contributed by atoms with van der Waals surface area (Å²) in [5.74, 6) is 0. The minimum Gasteiger partial charge on any atom is -0.386 e. The third-order valence-corrected chi connectivity index (χ3v) is 3.68. The van der Waals surface area contributed by atoms with Crippen molar-refractivity contribution < 1.29 is 10.2 Å². The van der Waals surface area contributed by atoms with E-state index in [2.05, 4.69) is 5.32 Å². The highest BCUT2D eigenvalue weighted by Gasteiger charge is 2.23. The minimum absolute atomic E-state index is 0.455. The molecule has 2 aromatic rings. The summed E-state index contributed by atoms with van der Waals surface area (Å²) in [6.45, 7) is 1.61. The van der Waals surface area contributed by atoms with E-state index in [1.807, 2.05) is 12.1 Å². The van der Waals surface area contributed by atoms with Crippen LogP contribution in [0.4, 0.5) is 0 Å². The third-order valence-electron chi connectivity index (χ3n) is 3.18. The third kappa shape index (κ3) is 4.43. The number of benzene rings is 2.